The van der Waals surface area contributed by atoms with E-state index in [0.717, 1.165) is 19.6 Å². The van der Waals surface area contributed by atoms with E-state index >= 15 is 0 Å². The van der Waals surface area contributed by atoms with Crippen molar-refractivity contribution in [2.24, 2.45) is 11.3 Å². The maximum absolute atomic E-state index is 12.2. The number of amides is 1. The summed E-state index contributed by atoms with van der Waals surface area (Å²) in [5.74, 6) is 0.772. The van der Waals surface area contributed by atoms with Gasteiger partial charge in [0.05, 0.1) is 12.7 Å². The minimum atomic E-state index is 0.0636. The third kappa shape index (κ3) is 2.10. The molecule has 1 amide bonds. The van der Waals surface area contributed by atoms with Crippen molar-refractivity contribution in [3.63, 3.8) is 0 Å². The fourth-order valence-electron chi connectivity index (χ4n) is 2.78. The first kappa shape index (κ1) is 11.9. The Labute approximate surface area is 98.6 Å². The molecule has 2 rings (SSSR count). The number of carbonyl (C=O) groups is 1. The molecular formula is C13H24N2O. The molecular weight excluding hydrogens is 200 g/mol. The van der Waals surface area contributed by atoms with E-state index in [2.05, 4.69) is 26.1 Å². The highest BCUT2D eigenvalue weighted by molar-refractivity contribution is 5.84. The van der Waals surface area contributed by atoms with E-state index in [1.165, 1.54) is 19.3 Å². The van der Waals surface area contributed by atoms with Crippen LogP contribution in [0.5, 0.6) is 0 Å². The van der Waals surface area contributed by atoms with Crippen molar-refractivity contribution in [2.75, 3.05) is 13.2 Å². The van der Waals surface area contributed by atoms with Gasteiger partial charge < -0.3 is 4.90 Å². The van der Waals surface area contributed by atoms with Crippen molar-refractivity contribution in [3.8, 4) is 0 Å². The maximum atomic E-state index is 12.2. The van der Waals surface area contributed by atoms with Gasteiger partial charge in [-0.15, -0.1) is 0 Å². The Morgan fingerprint density at radius 3 is 2.75 bits per heavy atom. The Bertz CT molecular complexity index is 273. The van der Waals surface area contributed by atoms with E-state index in [1.54, 1.807) is 0 Å². The molecule has 2 fully saturated rings. The van der Waals surface area contributed by atoms with Crippen molar-refractivity contribution in [1.82, 2.24) is 10.2 Å². The summed E-state index contributed by atoms with van der Waals surface area (Å²) >= 11 is 0. The fraction of sp³-hybridized carbons (Fsp3) is 0.923. The topological polar surface area (TPSA) is 32.3 Å². The summed E-state index contributed by atoms with van der Waals surface area (Å²) in [5.41, 5.74) is 0.404. The molecule has 1 N–H and O–H groups in total. The lowest BCUT2D eigenvalue weighted by Gasteiger charge is -2.41. The Morgan fingerprint density at radius 1 is 1.56 bits per heavy atom. The van der Waals surface area contributed by atoms with Gasteiger partial charge in [-0.1, -0.05) is 33.6 Å². The van der Waals surface area contributed by atoms with E-state index in [4.69, 9.17) is 0 Å². The Hall–Kier alpha value is -0.570. The molecule has 2 atom stereocenters. The monoisotopic (exact) mass is 224 g/mol. The van der Waals surface area contributed by atoms with E-state index in [9.17, 15) is 4.79 Å². The van der Waals surface area contributed by atoms with Gasteiger partial charge in [0.25, 0.3) is 0 Å². The summed E-state index contributed by atoms with van der Waals surface area (Å²) in [6.45, 7) is 8.31. The number of rotatable bonds is 4. The highest BCUT2D eigenvalue weighted by Crippen LogP contribution is 2.41. The van der Waals surface area contributed by atoms with E-state index in [0.29, 0.717) is 17.2 Å². The van der Waals surface area contributed by atoms with Crippen molar-refractivity contribution < 1.29 is 4.79 Å². The number of hydrogen-bond acceptors (Lipinski definition) is 2. The molecule has 92 valence electrons. The second kappa shape index (κ2) is 4.36. The highest BCUT2D eigenvalue weighted by atomic mass is 16.2. The summed E-state index contributed by atoms with van der Waals surface area (Å²) in [4.78, 5) is 14.2. The summed E-state index contributed by atoms with van der Waals surface area (Å²) in [6, 6.07) is 0.0636. The first-order valence-corrected chi connectivity index (χ1v) is 6.58. The molecule has 0 aromatic heterocycles. The lowest BCUT2D eigenvalue weighted by molar-refractivity contribution is -0.131. The number of nitrogens with zero attached hydrogens (tertiary/aromatic N) is 1. The fourth-order valence-corrected chi connectivity index (χ4v) is 2.78. The summed E-state index contributed by atoms with van der Waals surface area (Å²) in [5, 5.41) is 3.35. The Balaban J connectivity index is 1.91. The molecule has 3 heteroatoms. The molecule has 1 heterocycles. The third-order valence-corrected chi connectivity index (χ3v) is 4.43. The molecule has 1 aliphatic carbocycles. The molecule has 0 spiro atoms. The van der Waals surface area contributed by atoms with Gasteiger partial charge >= 0.3 is 0 Å². The van der Waals surface area contributed by atoms with Crippen LogP contribution in [0.3, 0.4) is 0 Å². The summed E-state index contributed by atoms with van der Waals surface area (Å²) < 4.78 is 0. The SMILES string of the molecule is CCC(C)C1NCN(CC2(C)CCC2)C1=O. The number of nitrogens with one attached hydrogen (secondary N) is 1. The van der Waals surface area contributed by atoms with E-state index < -0.39 is 0 Å². The smallest absolute Gasteiger partial charge is 0.241 e. The standard InChI is InChI=1S/C13H24N2O/c1-4-10(2)11-12(16)15(9-14-11)8-13(3)6-5-7-13/h10-11,14H,4-9H2,1-3H3. The largest absolute Gasteiger partial charge is 0.328 e. The molecule has 16 heavy (non-hydrogen) atoms. The van der Waals surface area contributed by atoms with Crippen LogP contribution in [0.25, 0.3) is 0 Å². The van der Waals surface area contributed by atoms with Crippen LogP contribution < -0.4 is 5.32 Å². The molecule has 2 unspecified atom stereocenters. The van der Waals surface area contributed by atoms with Crippen molar-refractivity contribution in [3.05, 3.63) is 0 Å². The minimum Gasteiger partial charge on any atom is -0.328 e. The molecule has 0 aromatic carbocycles. The maximum Gasteiger partial charge on any atom is 0.241 e. The van der Waals surface area contributed by atoms with Crippen LogP contribution in [0.4, 0.5) is 0 Å². The highest BCUT2D eigenvalue weighted by Gasteiger charge is 2.40. The average Bonchev–Trinajstić information content (AvgIpc) is 2.57. The minimum absolute atomic E-state index is 0.0636. The number of carbonyl (C=O) groups excluding carboxylic acids is 1. The van der Waals surface area contributed by atoms with Crippen LogP contribution in [0.1, 0.15) is 46.5 Å². The molecule has 1 saturated carbocycles. The van der Waals surface area contributed by atoms with Gasteiger partial charge in [0, 0.05) is 6.54 Å². The third-order valence-electron chi connectivity index (χ3n) is 4.43. The molecule has 3 nitrogen and oxygen atoms in total. The van der Waals surface area contributed by atoms with Gasteiger partial charge in [0.2, 0.25) is 5.91 Å². The van der Waals surface area contributed by atoms with Gasteiger partial charge in [-0.25, -0.2) is 0 Å². The van der Waals surface area contributed by atoms with Crippen LogP contribution in [0.2, 0.25) is 0 Å². The summed E-state index contributed by atoms with van der Waals surface area (Å²) in [7, 11) is 0. The molecule has 0 aromatic rings. The Kier molecular flexibility index (Phi) is 3.24. The molecule has 2 aliphatic rings. The van der Waals surface area contributed by atoms with Crippen molar-refractivity contribution >= 4 is 5.91 Å². The van der Waals surface area contributed by atoms with Crippen LogP contribution in [0.15, 0.2) is 0 Å². The first-order chi connectivity index (χ1) is 7.56. The zero-order chi connectivity index (χ0) is 11.8. The van der Waals surface area contributed by atoms with Gasteiger partial charge in [-0.05, 0) is 24.2 Å². The van der Waals surface area contributed by atoms with Gasteiger partial charge in [0.15, 0.2) is 0 Å². The second-order valence-corrected chi connectivity index (χ2v) is 5.93. The molecule has 0 radical (unpaired) electrons. The quantitative estimate of drug-likeness (QED) is 0.792. The lowest BCUT2D eigenvalue weighted by Crippen LogP contribution is -2.42. The Morgan fingerprint density at radius 2 is 2.25 bits per heavy atom. The zero-order valence-corrected chi connectivity index (χ0v) is 10.8. The van der Waals surface area contributed by atoms with Crippen molar-refractivity contribution in [1.29, 1.82) is 0 Å². The predicted molar refractivity (Wildman–Crippen MR) is 64.9 cm³/mol. The van der Waals surface area contributed by atoms with Crippen LogP contribution in [0, 0.1) is 11.3 Å². The van der Waals surface area contributed by atoms with Gasteiger partial charge in [-0.3, -0.25) is 10.1 Å². The first-order valence-electron chi connectivity index (χ1n) is 6.58. The average molecular weight is 224 g/mol. The normalized spacial score (nSPS) is 30.3. The predicted octanol–water partition coefficient (Wildman–Crippen LogP) is 1.98. The zero-order valence-electron chi connectivity index (χ0n) is 10.8. The van der Waals surface area contributed by atoms with E-state index in [1.807, 2.05) is 4.90 Å². The van der Waals surface area contributed by atoms with Gasteiger partial charge in [0.1, 0.15) is 0 Å². The molecule has 1 saturated heterocycles. The second-order valence-electron chi connectivity index (χ2n) is 5.93. The van der Waals surface area contributed by atoms with Crippen LogP contribution >= 0.6 is 0 Å². The number of hydrogen-bond donors (Lipinski definition) is 1. The lowest BCUT2D eigenvalue weighted by atomic mass is 9.70. The molecule has 1 aliphatic heterocycles. The van der Waals surface area contributed by atoms with Gasteiger partial charge in [-0.2, -0.15) is 0 Å². The van der Waals surface area contributed by atoms with Crippen LogP contribution in [-0.4, -0.2) is 30.1 Å². The van der Waals surface area contributed by atoms with Crippen LogP contribution in [-0.2, 0) is 4.79 Å². The van der Waals surface area contributed by atoms with E-state index in [-0.39, 0.29) is 6.04 Å². The summed E-state index contributed by atoms with van der Waals surface area (Å²) in [6.07, 6.45) is 4.96. The van der Waals surface area contributed by atoms with Crippen molar-refractivity contribution in [2.45, 2.75) is 52.5 Å². The molecule has 0 bridgehead atoms.